The fraction of sp³-hybridized carbons (Fsp3) is 1.00. The van der Waals surface area contributed by atoms with Gasteiger partial charge in [-0.3, -0.25) is 0 Å². The SMILES string of the molecule is COC1CCCC(OCC(C)(C)CS(=O)(=O)Cl)C1. The lowest BCUT2D eigenvalue weighted by atomic mass is 9.93. The van der Waals surface area contributed by atoms with Gasteiger partial charge in [0.2, 0.25) is 9.05 Å². The zero-order chi connectivity index (χ0) is 13.8. The van der Waals surface area contributed by atoms with Crippen LogP contribution in [0, 0.1) is 5.41 Å². The Bertz CT molecular complexity index is 353. The number of hydrogen-bond donors (Lipinski definition) is 0. The van der Waals surface area contributed by atoms with E-state index in [9.17, 15) is 8.42 Å². The molecular formula is C12H23ClO4S. The first-order chi connectivity index (χ1) is 8.22. The van der Waals surface area contributed by atoms with Crippen LogP contribution in [0.3, 0.4) is 0 Å². The van der Waals surface area contributed by atoms with E-state index in [1.807, 2.05) is 13.8 Å². The van der Waals surface area contributed by atoms with E-state index in [0.29, 0.717) is 6.61 Å². The monoisotopic (exact) mass is 298 g/mol. The third kappa shape index (κ3) is 6.36. The van der Waals surface area contributed by atoms with Gasteiger partial charge in [-0.15, -0.1) is 0 Å². The Morgan fingerprint density at radius 1 is 1.28 bits per heavy atom. The Balaban J connectivity index is 2.39. The van der Waals surface area contributed by atoms with E-state index < -0.39 is 14.5 Å². The summed E-state index contributed by atoms with van der Waals surface area (Å²) < 4.78 is 33.3. The smallest absolute Gasteiger partial charge is 0.233 e. The highest BCUT2D eigenvalue weighted by atomic mass is 35.7. The van der Waals surface area contributed by atoms with Gasteiger partial charge in [-0.05, 0) is 25.7 Å². The Morgan fingerprint density at radius 2 is 1.89 bits per heavy atom. The maximum absolute atomic E-state index is 11.1. The van der Waals surface area contributed by atoms with Crippen molar-refractivity contribution in [2.24, 2.45) is 5.41 Å². The van der Waals surface area contributed by atoms with Gasteiger partial charge in [0.15, 0.2) is 0 Å². The van der Waals surface area contributed by atoms with Gasteiger partial charge in [0.1, 0.15) is 0 Å². The third-order valence-corrected chi connectivity index (χ3v) is 4.64. The van der Waals surface area contributed by atoms with Crippen LogP contribution in [0.2, 0.25) is 0 Å². The van der Waals surface area contributed by atoms with Gasteiger partial charge in [0, 0.05) is 23.2 Å². The zero-order valence-electron chi connectivity index (χ0n) is 11.3. The second-order valence-electron chi connectivity index (χ2n) is 5.80. The lowest BCUT2D eigenvalue weighted by Crippen LogP contribution is -2.33. The number of methoxy groups -OCH3 is 1. The average molecular weight is 299 g/mol. The molecule has 0 aromatic heterocycles. The van der Waals surface area contributed by atoms with Gasteiger partial charge in [-0.25, -0.2) is 8.42 Å². The second-order valence-corrected chi connectivity index (χ2v) is 8.58. The van der Waals surface area contributed by atoms with Crippen molar-refractivity contribution in [3.05, 3.63) is 0 Å². The summed E-state index contributed by atoms with van der Waals surface area (Å²) in [6.07, 6.45) is 4.52. The second kappa shape index (κ2) is 6.55. The molecule has 0 radical (unpaired) electrons. The minimum absolute atomic E-state index is 0.0675. The van der Waals surface area contributed by atoms with Crippen LogP contribution >= 0.6 is 10.7 Å². The molecule has 2 unspecified atom stereocenters. The van der Waals surface area contributed by atoms with Crippen LogP contribution in [0.5, 0.6) is 0 Å². The van der Waals surface area contributed by atoms with Crippen LogP contribution in [0.4, 0.5) is 0 Å². The molecule has 2 atom stereocenters. The zero-order valence-corrected chi connectivity index (χ0v) is 12.9. The van der Waals surface area contributed by atoms with Crippen LogP contribution in [0.25, 0.3) is 0 Å². The van der Waals surface area contributed by atoms with Gasteiger partial charge < -0.3 is 9.47 Å². The van der Waals surface area contributed by atoms with Crippen molar-refractivity contribution < 1.29 is 17.9 Å². The predicted octanol–water partition coefficient (Wildman–Crippen LogP) is 2.56. The largest absolute Gasteiger partial charge is 0.381 e. The molecule has 1 fully saturated rings. The Labute approximate surface area is 114 Å². The first kappa shape index (κ1) is 16.2. The van der Waals surface area contributed by atoms with E-state index >= 15 is 0 Å². The van der Waals surface area contributed by atoms with Crippen LogP contribution in [0.15, 0.2) is 0 Å². The molecule has 0 aromatic rings. The van der Waals surface area contributed by atoms with E-state index in [1.54, 1.807) is 7.11 Å². The molecule has 18 heavy (non-hydrogen) atoms. The lowest BCUT2D eigenvalue weighted by molar-refractivity contribution is -0.0493. The van der Waals surface area contributed by atoms with E-state index in [2.05, 4.69) is 0 Å². The fourth-order valence-electron chi connectivity index (χ4n) is 2.32. The summed E-state index contributed by atoms with van der Waals surface area (Å²) in [6.45, 7) is 4.10. The summed E-state index contributed by atoms with van der Waals surface area (Å²) in [5, 5.41) is 0. The maximum atomic E-state index is 11.1. The summed E-state index contributed by atoms with van der Waals surface area (Å²) >= 11 is 0. The minimum Gasteiger partial charge on any atom is -0.381 e. The van der Waals surface area contributed by atoms with Crippen molar-refractivity contribution in [2.75, 3.05) is 19.5 Å². The molecule has 0 saturated heterocycles. The Morgan fingerprint density at radius 3 is 2.44 bits per heavy atom. The van der Waals surface area contributed by atoms with Gasteiger partial charge in [-0.1, -0.05) is 13.8 Å². The highest BCUT2D eigenvalue weighted by Crippen LogP contribution is 2.26. The highest BCUT2D eigenvalue weighted by molar-refractivity contribution is 8.13. The molecule has 0 spiro atoms. The normalized spacial score (nSPS) is 26.2. The van der Waals surface area contributed by atoms with Crippen LogP contribution < -0.4 is 0 Å². The van der Waals surface area contributed by atoms with Crippen LogP contribution in [-0.4, -0.2) is 40.1 Å². The van der Waals surface area contributed by atoms with E-state index in [0.717, 1.165) is 25.7 Å². The molecule has 1 rings (SSSR count). The molecule has 0 heterocycles. The van der Waals surface area contributed by atoms with Crippen LogP contribution in [0.1, 0.15) is 39.5 Å². The molecule has 1 aliphatic carbocycles. The number of hydrogen-bond acceptors (Lipinski definition) is 4. The number of halogens is 1. The van der Waals surface area contributed by atoms with Gasteiger partial charge >= 0.3 is 0 Å². The third-order valence-electron chi connectivity index (χ3n) is 3.18. The van der Waals surface area contributed by atoms with Gasteiger partial charge in [-0.2, -0.15) is 0 Å². The van der Waals surface area contributed by atoms with E-state index in [-0.39, 0.29) is 18.0 Å². The molecular weight excluding hydrogens is 276 g/mol. The standard InChI is InChI=1S/C12H23ClO4S/c1-12(2,9-18(13,14)15)8-17-11-6-4-5-10(7-11)16-3/h10-11H,4-9H2,1-3H3. The van der Waals surface area contributed by atoms with Crippen molar-refractivity contribution in [3.63, 3.8) is 0 Å². The average Bonchev–Trinajstić information content (AvgIpc) is 2.24. The minimum atomic E-state index is -3.48. The van der Waals surface area contributed by atoms with Crippen LogP contribution in [-0.2, 0) is 18.5 Å². The summed E-state index contributed by atoms with van der Waals surface area (Å²) in [5.74, 6) is -0.0675. The van der Waals surface area contributed by atoms with Crippen molar-refractivity contribution >= 4 is 19.7 Å². The molecule has 0 aromatic carbocycles. The van der Waals surface area contributed by atoms with Gasteiger partial charge in [0.25, 0.3) is 0 Å². The highest BCUT2D eigenvalue weighted by Gasteiger charge is 2.28. The predicted molar refractivity (Wildman–Crippen MR) is 72.4 cm³/mol. The molecule has 0 aliphatic heterocycles. The number of rotatable bonds is 6. The Hall–Kier alpha value is 0.160. The van der Waals surface area contributed by atoms with Crippen molar-refractivity contribution in [1.29, 1.82) is 0 Å². The topological polar surface area (TPSA) is 52.6 Å². The van der Waals surface area contributed by atoms with Crippen molar-refractivity contribution in [3.8, 4) is 0 Å². The van der Waals surface area contributed by atoms with Crippen molar-refractivity contribution in [1.82, 2.24) is 0 Å². The first-order valence-electron chi connectivity index (χ1n) is 6.28. The molecule has 0 bridgehead atoms. The number of ether oxygens (including phenoxy) is 2. The summed E-state index contributed by atoms with van der Waals surface area (Å²) in [6, 6.07) is 0. The lowest BCUT2D eigenvalue weighted by Gasteiger charge is -2.31. The summed E-state index contributed by atoms with van der Waals surface area (Å²) in [4.78, 5) is 0. The quantitative estimate of drug-likeness (QED) is 0.707. The van der Waals surface area contributed by atoms with E-state index in [1.165, 1.54) is 0 Å². The molecule has 4 nitrogen and oxygen atoms in total. The molecule has 6 heteroatoms. The van der Waals surface area contributed by atoms with Gasteiger partial charge in [0.05, 0.1) is 24.6 Å². The maximum Gasteiger partial charge on any atom is 0.233 e. The Kier molecular flexibility index (Phi) is 5.90. The van der Waals surface area contributed by atoms with E-state index in [4.69, 9.17) is 20.2 Å². The first-order valence-corrected chi connectivity index (χ1v) is 8.76. The summed E-state index contributed by atoms with van der Waals surface area (Å²) in [7, 11) is 3.52. The molecule has 1 saturated carbocycles. The van der Waals surface area contributed by atoms with Crippen molar-refractivity contribution in [2.45, 2.75) is 51.7 Å². The molecule has 108 valence electrons. The summed E-state index contributed by atoms with van der Waals surface area (Å²) in [5.41, 5.74) is -0.458. The fourth-order valence-corrected chi connectivity index (χ4v) is 4.22. The molecule has 0 N–H and O–H groups in total. The molecule has 1 aliphatic rings. The molecule has 0 amide bonds.